The largest absolute Gasteiger partial charge is 0.356 e. The Morgan fingerprint density at radius 1 is 1.11 bits per heavy atom. The molecule has 1 atom stereocenters. The number of rotatable bonds is 6. The molecule has 0 saturated carbocycles. The number of aliphatic imine (C=N–C) groups is 1. The van der Waals surface area contributed by atoms with Gasteiger partial charge in [0.1, 0.15) is 0 Å². The van der Waals surface area contributed by atoms with Gasteiger partial charge >= 0.3 is 0 Å². The van der Waals surface area contributed by atoms with Crippen LogP contribution in [0.15, 0.2) is 47.5 Å². The highest BCUT2D eigenvalue weighted by atomic mass is 127. The third-order valence-electron chi connectivity index (χ3n) is 4.50. The first-order valence-corrected chi connectivity index (χ1v) is 9.11. The molecule has 0 radical (unpaired) electrons. The lowest BCUT2D eigenvalue weighted by atomic mass is 9.92. The van der Waals surface area contributed by atoms with E-state index in [4.69, 9.17) is 0 Å². The lowest BCUT2D eigenvalue weighted by Gasteiger charge is -2.26. The van der Waals surface area contributed by atoms with Crippen LogP contribution in [0.4, 0.5) is 0 Å². The summed E-state index contributed by atoms with van der Waals surface area (Å²) in [5.74, 6) is 0.716. The summed E-state index contributed by atoms with van der Waals surface area (Å²) in [6.45, 7) is 9.01. The van der Waals surface area contributed by atoms with E-state index in [1.54, 1.807) is 7.05 Å². The topological polar surface area (TPSA) is 65.5 Å². The van der Waals surface area contributed by atoms with Crippen molar-refractivity contribution in [3.63, 3.8) is 0 Å². The maximum Gasteiger partial charge on any atom is 0.227 e. The molecule has 148 valence electrons. The maximum absolute atomic E-state index is 12.1. The number of hydrogen-bond acceptors (Lipinski definition) is 2. The van der Waals surface area contributed by atoms with Crippen LogP contribution in [-0.4, -0.2) is 32.0 Å². The van der Waals surface area contributed by atoms with Gasteiger partial charge < -0.3 is 16.0 Å². The Labute approximate surface area is 179 Å². The summed E-state index contributed by atoms with van der Waals surface area (Å²) in [6.07, 6.45) is 0. The van der Waals surface area contributed by atoms with Gasteiger partial charge in [0.05, 0.1) is 11.5 Å². The highest BCUT2D eigenvalue weighted by Crippen LogP contribution is 2.20. The summed E-state index contributed by atoms with van der Waals surface area (Å²) in [7, 11) is 1.74. The van der Waals surface area contributed by atoms with E-state index in [0.717, 1.165) is 0 Å². The molecule has 0 aliphatic rings. The van der Waals surface area contributed by atoms with Crippen LogP contribution in [0, 0.1) is 5.41 Å². The number of fused-ring (bicyclic) bond motifs is 1. The van der Waals surface area contributed by atoms with Gasteiger partial charge in [0.25, 0.3) is 0 Å². The monoisotopic (exact) mass is 482 g/mol. The van der Waals surface area contributed by atoms with Crippen molar-refractivity contribution < 1.29 is 4.79 Å². The van der Waals surface area contributed by atoms with Crippen LogP contribution in [0.3, 0.4) is 0 Å². The molecule has 0 aliphatic carbocycles. The highest BCUT2D eigenvalue weighted by molar-refractivity contribution is 14.0. The number of benzene rings is 2. The molecule has 2 aromatic rings. The molecule has 3 N–H and O–H groups in total. The molecule has 1 unspecified atom stereocenters. The van der Waals surface area contributed by atoms with Crippen molar-refractivity contribution in [3.8, 4) is 0 Å². The van der Waals surface area contributed by atoms with Crippen LogP contribution < -0.4 is 16.0 Å². The minimum absolute atomic E-state index is 0. The average Bonchev–Trinajstić information content (AvgIpc) is 2.64. The van der Waals surface area contributed by atoms with Crippen LogP contribution in [0.25, 0.3) is 10.8 Å². The van der Waals surface area contributed by atoms with Gasteiger partial charge in [0.15, 0.2) is 5.96 Å². The standard InChI is InChI=1S/C21H30N4O.HI/c1-6-23-19(26)21(3,4)14-24-20(22-5)25-15(2)17-12-11-16-9-7-8-10-18(16)13-17;/h7-13,15H,6,14H2,1-5H3,(H,23,26)(H2,22,24,25);1H. The van der Waals surface area contributed by atoms with Crippen molar-refractivity contribution in [2.45, 2.75) is 33.7 Å². The summed E-state index contributed by atoms with van der Waals surface area (Å²) < 4.78 is 0. The fourth-order valence-electron chi connectivity index (χ4n) is 2.74. The average molecular weight is 482 g/mol. The summed E-state index contributed by atoms with van der Waals surface area (Å²) in [5.41, 5.74) is 0.675. The fourth-order valence-corrected chi connectivity index (χ4v) is 2.74. The molecule has 0 aliphatic heterocycles. The molecule has 0 fully saturated rings. The smallest absolute Gasteiger partial charge is 0.227 e. The van der Waals surface area contributed by atoms with Gasteiger partial charge in [-0.05, 0) is 50.1 Å². The lowest BCUT2D eigenvalue weighted by molar-refractivity contribution is -0.128. The van der Waals surface area contributed by atoms with Crippen molar-refractivity contribution in [1.82, 2.24) is 16.0 Å². The maximum atomic E-state index is 12.1. The molecule has 2 aromatic carbocycles. The Morgan fingerprint density at radius 2 is 1.78 bits per heavy atom. The number of guanidine groups is 1. The Hall–Kier alpha value is -1.83. The molecule has 0 bridgehead atoms. The van der Waals surface area contributed by atoms with Gasteiger partial charge in [-0.2, -0.15) is 0 Å². The Bertz CT molecular complexity index is 789. The van der Waals surface area contributed by atoms with E-state index in [9.17, 15) is 4.79 Å². The van der Waals surface area contributed by atoms with Gasteiger partial charge in [-0.25, -0.2) is 0 Å². The number of carbonyl (C=O) groups excluding carboxylic acids is 1. The molecular weight excluding hydrogens is 451 g/mol. The minimum atomic E-state index is -0.514. The van der Waals surface area contributed by atoms with E-state index in [-0.39, 0.29) is 35.9 Å². The number of amides is 1. The second kappa shape index (κ2) is 10.5. The Balaban J connectivity index is 0.00000364. The summed E-state index contributed by atoms with van der Waals surface area (Å²) in [6, 6.07) is 14.9. The number of nitrogens with one attached hydrogen (secondary N) is 3. The third-order valence-corrected chi connectivity index (χ3v) is 4.50. The normalized spacial score (nSPS) is 12.9. The third kappa shape index (κ3) is 6.37. The van der Waals surface area contributed by atoms with Crippen LogP contribution in [-0.2, 0) is 4.79 Å². The predicted molar refractivity (Wildman–Crippen MR) is 125 cm³/mol. The zero-order valence-corrected chi connectivity index (χ0v) is 19.1. The minimum Gasteiger partial charge on any atom is -0.356 e. The van der Waals surface area contributed by atoms with Crippen molar-refractivity contribution in [2.24, 2.45) is 10.4 Å². The van der Waals surface area contributed by atoms with Crippen LogP contribution in [0.5, 0.6) is 0 Å². The van der Waals surface area contributed by atoms with E-state index in [2.05, 4.69) is 58.2 Å². The van der Waals surface area contributed by atoms with Gasteiger partial charge in [0.2, 0.25) is 5.91 Å². The van der Waals surface area contributed by atoms with E-state index < -0.39 is 5.41 Å². The molecular formula is C21H31IN4O. The fraction of sp³-hybridized carbons (Fsp3) is 0.429. The summed E-state index contributed by atoms with van der Waals surface area (Å²) >= 11 is 0. The molecule has 0 spiro atoms. The van der Waals surface area contributed by atoms with Gasteiger partial charge in [-0.3, -0.25) is 9.79 Å². The van der Waals surface area contributed by atoms with Crippen molar-refractivity contribution in [3.05, 3.63) is 48.0 Å². The second-order valence-electron chi connectivity index (χ2n) is 7.14. The summed E-state index contributed by atoms with van der Waals surface area (Å²) in [5, 5.41) is 12.0. The highest BCUT2D eigenvalue weighted by Gasteiger charge is 2.27. The molecule has 0 heterocycles. The molecule has 27 heavy (non-hydrogen) atoms. The zero-order chi connectivity index (χ0) is 19.2. The van der Waals surface area contributed by atoms with E-state index >= 15 is 0 Å². The first kappa shape index (κ1) is 23.2. The molecule has 2 rings (SSSR count). The molecule has 0 aromatic heterocycles. The zero-order valence-electron chi connectivity index (χ0n) is 16.8. The molecule has 6 heteroatoms. The van der Waals surface area contributed by atoms with Crippen molar-refractivity contribution in [2.75, 3.05) is 20.1 Å². The van der Waals surface area contributed by atoms with Crippen molar-refractivity contribution >= 4 is 46.6 Å². The molecule has 5 nitrogen and oxygen atoms in total. The molecule has 1 amide bonds. The van der Waals surface area contributed by atoms with Crippen LogP contribution >= 0.6 is 24.0 Å². The number of carbonyl (C=O) groups is 1. The number of hydrogen-bond donors (Lipinski definition) is 3. The summed E-state index contributed by atoms with van der Waals surface area (Å²) in [4.78, 5) is 16.4. The van der Waals surface area contributed by atoms with Crippen LogP contribution in [0.1, 0.15) is 39.3 Å². The first-order chi connectivity index (χ1) is 12.4. The Morgan fingerprint density at radius 3 is 2.41 bits per heavy atom. The SMILES string of the molecule is CCNC(=O)C(C)(C)CNC(=NC)NC(C)c1ccc2ccccc2c1.I. The number of halogens is 1. The first-order valence-electron chi connectivity index (χ1n) is 9.11. The predicted octanol–water partition coefficient (Wildman–Crippen LogP) is 3.85. The van der Waals surface area contributed by atoms with E-state index in [0.29, 0.717) is 19.0 Å². The van der Waals surface area contributed by atoms with Gasteiger partial charge in [0, 0.05) is 20.1 Å². The number of nitrogens with zero attached hydrogens (tertiary/aromatic N) is 1. The second-order valence-corrected chi connectivity index (χ2v) is 7.14. The van der Waals surface area contributed by atoms with Crippen LogP contribution in [0.2, 0.25) is 0 Å². The quantitative estimate of drug-likeness (QED) is 0.333. The van der Waals surface area contributed by atoms with E-state index in [1.807, 2.05) is 32.9 Å². The molecule has 0 saturated heterocycles. The van der Waals surface area contributed by atoms with Gasteiger partial charge in [-0.15, -0.1) is 24.0 Å². The van der Waals surface area contributed by atoms with Crippen molar-refractivity contribution in [1.29, 1.82) is 0 Å². The lowest BCUT2D eigenvalue weighted by Crippen LogP contribution is -2.48. The van der Waals surface area contributed by atoms with Gasteiger partial charge in [-0.1, -0.05) is 36.4 Å². The van der Waals surface area contributed by atoms with E-state index in [1.165, 1.54) is 16.3 Å². The Kier molecular flexibility index (Phi) is 9.02.